The number of halogens is 1. The summed E-state index contributed by atoms with van der Waals surface area (Å²) in [5.41, 5.74) is 2.62. The molecule has 1 aromatic heterocycles. The maximum Gasteiger partial charge on any atom is 0.274 e. The predicted octanol–water partition coefficient (Wildman–Crippen LogP) is 0.883. The van der Waals surface area contributed by atoms with Gasteiger partial charge in [0.05, 0.1) is 11.6 Å². The molecule has 0 aliphatic carbocycles. The summed E-state index contributed by atoms with van der Waals surface area (Å²) >= 11 is 6.00. The van der Waals surface area contributed by atoms with Gasteiger partial charge < -0.3 is 15.1 Å². The number of rotatable bonds is 2. The van der Waals surface area contributed by atoms with Crippen molar-refractivity contribution >= 4 is 23.3 Å². The van der Waals surface area contributed by atoms with Crippen LogP contribution in [0.1, 0.15) is 16.9 Å². The molecule has 1 aromatic rings. The molecule has 1 aliphatic heterocycles. The molecule has 2 heterocycles. The third-order valence-corrected chi connectivity index (χ3v) is 3.01. The SMILES string of the molecule is NNc1ccc(Cl)c(C(=O)N2CCCOCC2)n1. The van der Waals surface area contributed by atoms with E-state index in [0.29, 0.717) is 37.1 Å². The van der Waals surface area contributed by atoms with Crippen LogP contribution in [0.5, 0.6) is 0 Å². The lowest BCUT2D eigenvalue weighted by Crippen LogP contribution is -2.34. The quantitative estimate of drug-likeness (QED) is 0.616. The predicted molar refractivity (Wildman–Crippen MR) is 68.4 cm³/mol. The van der Waals surface area contributed by atoms with Crippen LogP contribution in [0.3, 0.4) is 0 Å². The Morgan fingerprint density at radius 2 is 2.28 bits per heavy atom. The second kappa shape index (κ2) is 5.99. The fraction of sp³-hybridized carbons (Fsp3) is 0.455. The van der Waals surface area contributed by atoms with Crippen LogP contribution in [0, 0.1) is 0 Å². The summed E-state index contributed by atoms with van der Waals surface area (Å²) in [6.45, 7) is 2.42. The number of amides is 1. The average Bonchev–Trinajstić information content (AvgIpc) is 2.67. The Bertz CT molecular complexity index is 433. The third kappa shape index (κ3) is 2.90. The number of nitrogens with zero attached hydrogens (tertiary/aromatic N) is 2. The zero-order valence-electron chi connectivity index (χ0n) is 9.86. The van der Waals surface area contributed by atoms with Crippen molar-refractivity contribution in [1.29, 1.82) is 0 Å². The molecule has 0 radical (unpaired) electrons. The number of nitrogens with two attached hydrogens (primary N) is 1. The van der Waals surface area contributed by atoms with Gasteiger partial charge in [0.15, 0.2) is 0 Å². The molecular formula is C11H15ClN4O2. The van der Waals surface area contributed by atoms with Gasteiger partial charge in [0.25, 0.3) is 5.91 Å². The van der Waals surface area contributed by atoms with Crippen LogP contribution in [-0.4, -0.2) is 42.1 Å². The van der Waals surface area contributed by atoms with Gasteiger partial charge in [0, 0.05) is 19.7 Å². The summed E-state index contributed by atoms with van der Waals surface area (Å²) in [6.07, 6.45) is 0.818. The summed E-state index contributed by atoms with van der Waals surface area (Å²) in [4.78, 5) is 18.1. The number of hydrogen-bond acceptors (Lipinski definition) is 5. The Kier molecular flexibility index (Phi) is 4.35. The largest absolute Gasteiger partial charge is 0.380 e. The first-order valence-corrected chi connectivity index (χ1v) is 6.10. The van der Waals surface area contributed by atoms with Crippen molar-refractivity contribution in [1.82, 2.24) is 9.88 Å². The van der Waals surface area contributed by atoms with Gasteiger partial charge in [-0.25, -0.2) is 10.8 Å². The highest BCUT2D eigenvalue weighted by Crippen LogP contribution is 2.18. The first kappa shape index (κ1) is 13.1. The van der Waals surface area contributed by atoms with Gasteiger partial charge in [-0.2, -0.15) is 0 Å². The van der Waals surface area contributed by atoms with Crippen LogP contribution in [0.25, 0.3) is 0 Å². The van der Waals surface area contributed by atoms with Crippen LogP contribution in [0.4, 0.5) is 5.82 Å². The van der Waals surface area contributed by atoms with Gasteiger partial charge in [0.1, 0.15) is 11.5 Å². The Morgan fingerprint density at radius 1 is 1.44 bits per heavy atom. The Hall–Kier alpha value is -1.37. The van der Waals surface area contributed by atoms with Gasteiger partial charge in [-0.3, -0.25) is 4.79 Å². The molecule has 0 bridgehead atoms. The molecule has 1 aliphatic rings. The summed E-state index contributed by atoms with van der Waals surface area (Å²) in [6, 6.07) is 3.22. The van der Waals surface area contributed by atoms with E-state index in [1.54, 1.807) is 17.0 Å². The van der Waals surface area contributed by atoms with E-state index in [2.05, 4.69) is 10.4 Å². The fourth-order valence-electron chi connectivity index (χ4n) is 1.77. The van der Waals surface area contributed by atoms with Crippen LogP contribution in [0.2, 0.25) is 5.02 Å². The first-order chi connectivity index (χ1) is 8.72. The normalized spacial score (nSPS) is 16.2. The number of pyridine rings is 1. The smallest absolute Gasteiger partial charge is 0.274 e. The lowest BCUT2D eigenvalue weighted by Gasteiger charge is -2.19. The molecule has 0 atom stereocenters. The number of aromatic nitrogens is 1. The van der Waals surface area contributed by atoms with Gasteiger partial charge in [-0.15, -0.1) is 0 Å². The number of carbonyl (C=O) groups is 1. The van der Waals surface area contributed by atoms with Crippen molar-refractivity contribution in [2.24, 2.45) is 5.84 Å². The molecule has 6 nitrogen and oxygen atoms in total. The zero-order valence-corrected chi connectivity index (χ0v) is 10.6. The van der Waals surface area contributed by atoms with Crippen LogP contribution in [0.15, 0.2) is 12.1 Å². The maximum absolute atomic E-state index is 12.3. The van der Waals surface area contributed by atoms with E-state index in [1.807, 2.05) is 0 Å². The second-order valence-corrected chi connectivity index (χ2v) is 4.34. The highest BCUT2D eigenvalue weighted by atomic mass is 35.5. The van der Waals surface area contributed by atoms with E-state index in [9.17, 15) is 4.79 Å². The zero-order chi connectivity index (χ0) is 13.0. The third-order valence-electron chi connectivity index (χ3n) is 2.71. The lowest BCUT2D eigenvalue weighted by molar-refractivity contribution is 0.0736. The Labute approximate surface area is 110 Å². The number of hydrazine groups is 1. The lowest BCUT2D eigenvalue weighted by atomic mass is 10.3. The van der Waals surface area contributed by atoms with Crippen LogP contribution < -0.4 is 11.3 Å². The minimum Gasteiger partial charge on any atom is -0.380 e. The Balaban J connectivity index is 2.21. The summed E-state index contributed by atoms with van der Waals surface area (Å²) in [5, 5.41) is 0.323. The standard InChI is InChI=1S/C11H15ClN4O2/c12-8-2-3-9(15-13)14-10(8)11(17)16-4-1-6-18-7-5-16/h2-3H,1,4-7,13H2,(H,14,15). The number of nitrogen functional groups attached to an aromatic ring is 1. The van der Waals surface area contributed by atoms with Crippen molar-refractivity contribution in [3.05, 3.63) is 22.8 Å². The molecule has 3 N–H and O–H groups in total. The van der Waals surface area contributed by atoms with Crippen molar-refractivity contribution in [2.75, 3.05) is 31.7 Å². The van der Waals surface area contributed by atoms with Gasteiger partial charge >= 0.3 is 0 Å². The molecule has 0 unspecified atom stereocenters. The molecule has 0 aromatic carbocycles. The fourth-order valence-corrected chi connectivity index (χ4v) is 1.96. The molecule has 2 rings (SSSR count). The number of carbonyl (C=O) groups excluding carboxylic acids is 1. The second-order valence-electron chi connectivity index (χ2n) is 3.93. The average molecular weight is 271 g/mol. The van der Waals surface area contributed by atoms with E-state index >= 15 is 0 Å². The molecule has 98 valence electrons. The number of nitrogens with one attached hydrogen (secondary N) is 1. The minimum atomic E-state index is -0.192. The molecule has 18 heavy (non-hydrogen) atoms. The summed E-state index contributed by atoms with van der Waals surface area (Å²) in [5.74, 6) is 5.49. The summed E-state index contributed by atoms with van der Waals surface area (Å²) in [7, 11) is 0. The number of ether oxygens (including phenoxy) is 1. The van der Waals surface area contributed by atoms with E-state index in [-0.39, 0.29) is 11.6 Å². The van der Waals surface area contributed by atoms with Gasteiger partial charge in [0.2, 0.25) is 0 Å². The molecule has 0 saturated carbocycles. The highest BCUT2D eigenvalue weighted by Gasteiger charge is 2.21. The van der Waals surface area contributed by atoms with Crippen LogP contribution >= 0.6 is 11.6 Å². The van der Waals surface area contributed by atoms with E-state index < -0.39 is 0 Å². The van der Waals surface area contributed by atoms with Crippen LogP contribution in [-0.2, 0) is 4.74 Å². The van der Waals surface area contributed by atoms with Crippen molar-refractivity contribution in [3.8, 4) is 0 Å². The van der Waals surface area contributed by atoms with E-state index in [4.69, 9.17) is 22.2 Å². The molecule has 0 spiro atoms. The minimum absolute atomic E-state index is 0.192. The summed E-state index contributed by atoms with van der Waals surface area (Å²) < 4.78 is 5.31. The molecule has 1 amide bonds. The topological polar surface area (TPSA) is 80.5 Å². The Morgan fingerprint density at radius 3 is 3.06 bits per heavy atom. The van der Waals surface area contributed by atoms with Crippen molar-refractivity contribution in [2.45, 2.75) is 6.42 Å². The van der Waals surface area contributed by atoms with Gasteiger partial charge in [-0.05, 0) is 18.6 Å². The molecule has 1 fully saturated rings. The van der Waals surface area contributed by atoms with Crippen molar-refractivity contribution < 1.29 is 9.53 Å². The van der Waals surface area contributed by atoms with E-state index in [1.165, 1.54) is 0 Å². The molecule has 7 heteroatoms. The maximum atomic E-state index is 12.3. The van der Waals surface area contributed by atoms with Crippen molar-refractivity contribution in [3.63, 3.8) is 0 Å². The molecule has 1 saturated heterocycles. The highest BCUT2D eigenvalue weighted by molar-refractivity contribution is 6.33. The van der Waals surface area contributed by atoms with Gasteiger partial charge in [-0.1, -0.05) is 11.6 Å². The monoisotopic (exact) mass is 270 g/mol. The number of anilines is 1. The van der Waals surface area contributed by atoms with E-state index in [0.717, 1.165) is 6.42 Å². The molecular weight excluding hydrogens is 256 g/mol. The number of hydrogen-bond donors (Lipinski definition) is 2. The first-order valence-electron chi connectivity index (χ1n) is 5.72.